The number of carbonyl (C=O) groups is 1. The number of rotatable bonds is 3. The molecule has 1 aliphatic heterocycles. The van der Waals surface area contributed by atoms with Gasteiger partial charge in [-0.2, -0.15) is 22.5 Å². The molecule has 4 nitrogen and oxygen atoms in total. The summed E-state index contributed by atoms with van der Waals surface area (Å²) in [6.07, 6.45) is 0. The topological polar surface area (TPSA) is 42.4 Å². The zero-order chi connectivity index (χ0) is 14.9. The average molecular weight is 310 g/mol. The number of hydrogen-bond donors (Lipinski definition) is 0. The van der Waals surface area contributed by atoms with Crippen LogP contribution in [0.5, 0.6) is 0 Å². The summed E-state index contributed by atoms with van der Waals surface area (Å²) in [7, 11) is 0. The van der Waals surface area contributed by atoms with Crippen molar-refractivity contribution in [3.05, 3.63) is 23.5 Å². The van der Waals surface area contributed by atoms with E-state index in [9.17, 15) is 22.4 Å². The molecule has 1 saturated heterocycles. The highest BCUT2D eigenvalue weighted by molar-refractivity contribution is 7.99. The van der Waals surface area contributed by atoms with Gasteiger partial charge in [0.05, 0.1) is 12.5 Å². The summed E-state index contributed by atoms with van der Waals surface area (Å²) < 4.78 is 58.3. The highest BCUT2D eigenvalue weighted by Gasteiger charge is 2.37. The normalized spacial score (nSPS) is 18.4. The van der Waals surface area contributed by atoms with E-state index in [1.54, 1.807) is 6.92 Å². The van der Waals surface area contributed by atoms with Crippen LogP contribution in [-0.4, -0.2) is 35.2 Å². The van der Waals surface area contributed by atoms with Crippen molar-refractivity contribution < 1.29 is 27.1 Å². The average Bonchev–Trinajstić information content (AvgIpc) is 2.86. The second kappa shape index (κ2) is 5.86. The molecule has 20 heavy (non-hydrogen) atoms. The highest BCUT2D eigenvalue weighted by atomic mass is 32.2. The molecule has 1 aliphatic rings. The van der Waals surface area contributed by atoms with Crippen molar-refractivity contribution >= 4 is 23.4 Å². The molecule has 0 aromatic carbocycles. The Morgan fingerprint density at radius 1 is 1.35 bits per heavy atom. The van der Waals surface area contributed by atoms with E-state index in [-0.39, 0.29) is 18.2 Å². The molecule has 0 spiro atoms. The standard InChI is InChI=1S/C11H10F4N2O2S/c1-2-19-11(18)5-3-20-4-17(5)8-6(12)9(14)16-10(15)7(8)13/h5H,2-4H2,1H3. The van der Waals surface area contributed by atoms with Crippen LogP contribution in [0.1, 0.15) is 6.92 Å². The monoisotopic (exact) mass is 310 g/mol. The van der Waals surface area contributed by atoms with Gasteiger partial charge < -0.3 is 9.64 Å². The molecule has 110 valence electrons. The fraction of sp³-hybridized carbons (Fsp3) is 0.455. The van der Waals surface area contributed by atoms with Crippen LogP contribution in [-0.2, 0) is 9.53 Å². The Kier molecular flexibility index (Phi) is 4.36. The molecule has 1 fully saturated rings. The summed E-state index contributed by atoms with van der Waals surface area (Å²) in [5.41, 5.74) is -0.932. The van der Waals surface area contributed by atoms with Gasteiger partial charge in [-0.15, -0.1) is 11.8 Å². The van der Waals surface area contributed by atoms with Crippen LogP contribution in [0.15, 0.2) is 0 Å². The molecule has 2 rings (SSSR count). The largest absolute Gasteiger partial charge is 0.464 e. The number of nitrogens with zero attached hydrogens (tertiary/aromatic N) is 2. The van der Waals surface area contributed by atoms with Crippen LogP contribution in [0.25, 0.3) is 0 Å². The number of hydrogen-bond acceptors (Lipinski definition) is 5. The zero-order valence-electron chi connectivity index (χ0n) is 10.3. The quantitative estimate of drug-likeness (QED) is 0.486. The Hall–Kier alpha value is -1.51. The summed E-state index contributed by atoms with van der Waals surface area (Å²) in [6, 6.07) is -0.995. The molecule has 1 aromatic rings. The summed E-state index contributed by atoms with van der Waals surface area (Å²) in [6.45, 7) is 1.68. The van der Waals surface area contributed by atoms with Crippen LogP contribution in [0.4, 0.5) is 23.2 Å². The van der Waals surface area contributed by atoms with Crippen molar-refractivity contribution in [2.45, 2.75) is 13.0 Å². The Balaban J connectivity index is 2.42. The van der Waals surface area contributed by atoms with Crippen LogP contribution >= 0.6 is 11.8 Å². The van der Waals surface area contributed by atoms with E-state index in [4.69, 9.17) is 4.74 Å². The predicted molar refractivity (Wildman–Crippen MR) is 64.3 cm³/mol. The minimum absolute atomic E-state index is 0.0141. The van der Waals surface area contributed by atoms with E-state index in [0.717, 1.165) is 4.90 Å². The van der Waals surface area contributed by atoms with E-state index in [2.05, 4.69) is 4.98 Å². The van der Waals surface area contributed by atoms with Gasteiger partial charge in [0.25, 0.3) is 11.9 Å². The van der Waals surface area contributed by atoms with Crippen LogP contribution < -0.4 is 4.90 Å². The maximum absolute atomic E-state index is 13.7. The summed E-state index contributed by atoms with van der Waals surface area (Å²) >= 11 is 1.19. The molecular formula is C11H10F4N2O2S. The van der Waals surface area contributed by atoms with Crippen molar-refractivity contribution in [3.8, 4) is 0 Å². The number of aromatic nitrogens is 1. The fourth-order valence-electron chi connectivity index (χ4n) is 1.83. The van der Waals surface area contributed by atoms with Crippen molar-refractivity contribution in [2.24, 2.45) is 0 Å². The molecule has 1 unspecified atom stereocenters. The van der Waals surface area contributed by atoms with Gasteiger partial charge in [-0.25, -0.2) is 4.79 Å². The van der Waals surface area contributed by atoms with E-state index < -0.39 is 41.2 Å². The first-order valence-corrected chi connectivity index (χ1v) is 6.83. The lowest BCUT2D eigenvalue weighted by Crippen LogP contribution is -2.40. The molecule has 1 atom stereocenters. The molecule has 0 saturated carbocycles. The second-order valence-corrected chi connectivity index (χ2v) is 4.91. The third-order valence-corrected chi connectivity index (χ3v) is 3.71. The minimum atomic E-state index is -1.75. The third kappa shape index (κ3) is 2.54. The number of ether oxygens (including phenoxy) is 1. The Labute approximate surface area is 116 Å². The number of esters is 1. The molecule has 0 aliphatic carbocycles. The van der Waals surface area contributed by atoms with Crippen molar-refractivity contribution in [1.29, 1.82) is 0 Å². The Bertz CT molecular complexity index is 517. The van der Waals surface area contributed by atoms with Crippen LogP contribution in [0.3, 0.4) is 0 Å². The van der Waals surface area contributed by atoms with Gasteiger partial charge in [-0.1, -0.05) is 0 Å². The lowest BCUT2D eigenvalue weighted by Gasteiger charge is -2.24. The van der Waals surface area contributed by atoms with Crippen molar-refractivity contribution in [2.75, 3.05) is 23.1 Å². The van der Waals surface area contributed by atoms with Gasteiger partial charge >= 0.3 is 5.97 Å². The lowest BCUT2D eigenvalue weighted by atomic mass is 10.2. The molecule has 0 bridgehead atoms. The van der Waals surface area contributed by atoms with Gasteiger partial charge in [0.2, 0.25) is 11.6 Å². The van der Waals surface area contributed by atoms with Gasteiger partial charge in [0, 0.05) is 5.75 Å². The van der Waals surface area contributed by atoms with Gasteiger partial charge in [0.1, 0.15) is 11.7 Å². The number of thioether (sulfide) groups is 1. The first-order valence-electron chi connectivity index (χ1n) is 5.68. The SMILES string of the molecule is CCOC(=O)C1CSCN1c1c(F)c(F)nc(F)c1F. The first-order chi connectivity index (χ1) is 9.47. The Morgan fingerprint density at radius 3 is 2.50 bits per heavy atom. The number of halogens is 4. The smallest absolute Gasteiger partial charge is 0.329 e. The Morgan fingerprint density at radius 2 is 1.95 bits per heavy atom. The molecule has 0 radical (unpaired) electrons. The first kappa shape index (κ1) is 14.9. The number of pyridine rings is 1. The molecule has 0 N–H and O–H groups in total. The number of anilines is 1. The third-order valence-electron chi connectivity index (χ3n) is 2.70. The summed E-state index contributed by atoms with van der Waals surface area (Å²) in [5, 5.41) is 0. The lowest BCUT2D eigenvalue weighted by molar-refractivity contribution is -0.144. The summed E-state index contributed by atoms with van der Waals surface area (Å²) in [5.74, 6) is -7.23. The molecule has 9 heteroatoms. The van der Waals surface area contributed by atoms with Gasteiger partial charge in [0.15, 0.2) is 0 Å². The maximum atomic E-state index is 13.7. The second-order valence-electron chi connectivity index (χ2n) is 3.91. The summed E-state index contributed by atoms with van der Waals surface area (Å²) in [4.78, 5) is 15.1. The molecular weight excluding hydrogens is 300 g/mol. The highest BCUT2D eigenvalue weighted by Crippen LogP contribution is 2.33. The van der Waals surface area contributed by atoms with Gasteiger partial charge in [-0.3, -0.25) is 0 Å². The van der Waals surface area contributed by atoms with E-state index >= 15 is 0 Å². The minimum Gasteiger partial charge on any atom is -0.464 e. The van der Waals surface area contributed by atoms with E-state index in [1.165, 1.54) is 11.8 Å². The molecule has 1 aromatic heterocycles. The van der Waals surface area contributed by atoms with Crippen molar-refractivity contribution in [3.63, 3.8) is 0 Å². The van der Waals surface area contributed by atoms with Gasteiger partial charge in [-0.05, 0) is 6.92 Å². The predicted octanol–water partition coefficient (Wildman–Crippen LogP) is 2.08. The van der Waals surface area contributed by atoms with Crippen LogP contribution in [0.2, 0.25) is 0 Å². The maximum Gasteiger partial charge on any atom is 0.329 e. The molecule has 2 heterocycles. The van der Waals surface area contributed by atoms with Crippen LogP contribution in [0, 0.1) is 23.5 Å². The van der Waals surface area contributed by atoms with E-state index in [1.807, 2.05) is 0 Å². The number of carbonyl (C=O) groups excluding carboxylic acids is 1. The zero-order valence-corrected chi connectivity index (χ0v) is 11.1. The van der Waals surface area contributed by atoms with E-state index in [0.29, 0.717) is 0 Å². The van der Waals surface area contributed by atoms with Crippen molar-refractivity contribution in [1.82, 2.24) is 4.98 Å². The fourth-order valence-corrected chi connectivity index (χ4v) is 2.98. The molecule has 0 amide bonds.